The van der Waals surface area contributed by atoms with E-state index in [9.17, 15) is 14.7 Å². The van der Waals surface area contributed by atoms with Crippen LogP contribution in [0.2, 0.25) is 5.02 Å². The van der Waals surface area contributed by atoms with Gasteiger partial charge in [-0.3, -0.25) is 9.59 Å². The summed E-state index contributed by atoms with van der Waals surface area (Å²) in [6.07, 6.45) is 2.01. The number of benzene rings is 3. The lowest BCUT2D eigenvalue weighted by molar-refractivity contribution is -0.142. The Labute approximate surface area is 200 Å². The zero-order chi connectivity index (χ0) is 22.9. The Kier molecular flexibility index (Phi) is 5.87. The first-order chi connectivity index (χ1) is 16.0. The average molecular weight is 477 g/mol. The van der Waals surface area contributed by atoms with Gasteiger partial charge in [-0.15, -0.1) is 0 Å². The van der Waals surface area contributed by atoms with Gasteiger partial charge < -0.3 is 10.4 Å². The second kappa shape index (κ2) is 8.96. The number of nitrogens with one attached hydrogen (secondary N) is 1. The molecule has 3 aromatic carbocycles. The summed E-state index contributed by atoms with van der Waals surface area (Å²) >= 11 is 7.61. The molecule has 2 atom stereocenters. The molecule has 0 unspecified atom stereocenters. The van der Waals surface area contributed by atoms with Crippen LogP contribution in [-0.2, 0) is 4.79 Å². The molecule has 0 amide bonds. The molecule has 4 aromatic rings. The van der Waals surface area contributed by atoms with E-state index >= 15 is 0 Å². The molecule has 166 valence electrons. The van der Waals surface area contributed by atoms with Gasteiger partial charge in [0.2, 0.25) is 0 Å². The van der Waals surface area contributed by atoms with Crippen molar-refractivity contribution < 1.29 is 14.7 Å². The Morgan fingerprint density at radius 3 is 2.30 bits per heavy atom. The molecule has 1 aliphatic carbocycles. The van der Waals surface area contributed by atoms with Crippen LogP contribution >= 0.6 is 22.9 Å². The van der Waals surface area contributed by atoms with Gasteiger partial charge in [-0.25, -0.2) is 4.98 Å². The highest BCUT2D eigenvalue weighted by Crippen LogP contribution is 2.35. The fourth-order valence-electron chi connectivity index (χ4n) is 4.43. The SMILES string of the molecule is O=C(O)[C@@H]1CCC[C@H]1C(=O)c1ccc(-c2ccc(Nc3nc4ccc(Cl)cc4s3)cc2)cc1. The lowest BCUT2D eigenvalue weighted by Gasteiger charge is -2.14. The van der Waals surface area contributed by atoms with Gasteiger partial charge in [0.25, 0.3) is 0 Å². The van der Waals surface area contributed by atoms with Gasteiger partial charge in [-0.05, 0) is 54.3 Å². The fourth-order valence-corrected chi connectivity index (χ4v) is 5.59. The van der Waals surface area contributed by atoms with E-state index in [1.54, 1.807) is 23.5 Å². The third-order valence-corrected chi connectivity index (χ3v) is 7.33. The van der Waals surface area contributed by atoms with Gasteiger partial charge in [-0.2, -0.15) is 0 Å². The van der Waals surface area contributed by atoms with E-state index < -0.39 is 17.8 Å². The van der Waals surface area contributed by atoms with E-state index in [1.807, 2.05) is 54.6 Å². The molecule has 0 saturated heterocycles. The molecule has 1 fully saturated rings. The Morgan fingerprint density at radius 1 is 0.939 bits per heavy atom. The summed E-state index contributed by atoms with van der Waals surface area (Å²) in [5, 5.41) is 14.2. The minimum absolute atomic E-state index is 0.0666. The van der Waals surface area contributed by atoms with Crippen molar-refractivity contribution in [3.63, 3.8) is 0 Å². The second-order valence-electron chi connectivity index (χ2n) is 8.26. The maximum Gasteiger partial charge on any atom is 0.307 e. The summed E-state index contributed by atoms with van der Waals surface area (Å²) < 4.78 is 1.03. The third kappa shape index (κ3) is 4.49. The summed E-state index contributed by atoms with van der Waals surface area (Å²) in [7, 11) is 0. The number of anilines is 2. The van der Waals surface area contributed by atoms with E-state index in [-0.39, 0.29) is 5.78 Å². The number of Topliss-reactive ketones (excluding diaryl/α,β-unsaturated/α-hetero) is 1. The van der Waals surface area contributed by atoms with Crippen LogP contribution < -0.4 is 5.32 Å². The molecule has 0 aliphatic heterocycles. The number of nitrogens with zero attached hydrogens (tertiary/aromatic N) is 1. The minimum atomic E-state index is -0.870. The number of hydrogen-bond donors (Lipinski definition) is 2. The molecule has 33 heavy (non-hydrogen) atoms. The van der Waals surface area contributed by atoms with Gasteiger partial charge >= 0.3 is 5.97 Å². The summed E-state index contributed by atoms with van der Waals surface area (Å²) in [4.78, 5) is 28.8. The van der Waals surface area contributed by atoms with E-state index in [1.165, 1.54) is 0 Å². The maximum absolute atomic E-state index is 12.8. The Morgan fingerprint density at radius 2 is 1.61 bits per heavy atom. The fraction of sp³-hybridized carbons (Fsp3) is 0.192. The highest BCUT2D eigenvalue weighted by Gasteiger charge is 2.37. The van der Waals surface area contributed by atoms with Crippen LogP contribution in [0.25, 0.3) is 21.3 Å². The highest BCUT2D eigenvalue weighted by atomic mass is 35.5. The number of ketones is 1. The monoisotopic (exact) mass is 476 g/mol. The van der Waals surface area contributed by atoms with Crippen LogP contribution in [0, 0.1) is 11.8 Å². The number of aliphatic carboxylic acids is 1. The molecule has 0 spiro atoms. The molecular weight excluding hydrogens is 456 g/mol. The Bertz CT molecular complexity index is 1330. The van der Waals surface area contributed by atoms with Crippen LogP contribution in [-0.4, -0.2) is 21.8 Å². The molecule has 0 radical (unpaired) electrons. The molecule has 1 heterocycles. The number of aromatic nitrogens is 1. The molecule has 7 heteroatoms. The topological polar surface area (TPSA) is 79.3 Å². The molecular formula is C26H21ClN2O3S. The van der Waals surface area contributed by atoms with Gasteiger partial charge in [0, 0.05) is 22.2 Å². The van der Waals surface area contributed by atoms with E-state index in [4.69, 9.17) is 11.6 Å². The van der Waals surface area contributed by atoms with Crippen molar-refractivity contribution >= 4 is 55.7 Å². The molecule has 1 aromatic heterocycles. The number of thiazole rings is 1. The number of carbonyl (C=O) groups is 2. The van der Waals surface area contributed by atoms with Crippen molar-refractivity contribution in [2.24, 2.45) is 11.8 Å². The summed E-state index contributed by atoms with van der Waals surface area (Å²) in [5.74, 6) is -1.92. The maximum atomic E-state index is 12.8. The predicted molar refractivity (Wildman–Crippen MR) is 133 cm³/mol. The molecule has 2 N–H and O–H groups in total. The molecule has 5 nitrogen and oxygen atoms in total. The largest absolute Gasteiger partial charge is 0.481 e. The van der Waals surface area contributed by atoms with Gasteiger partial charge in [0.15, 0.2) is 10.9 Å². The zero-order valence-electron chi connectivity index (χ0n) is 17.6. The third-order valence-electron chi connectivity index (χ3n) is 6.16. The van der Waals surface area contributed by atoms with Crippen molar-refractivity contribution in [2.75, 3.05) is 5.32 Å². The first-order valence-electron chi connectivity index (χ1n) is 10.8. The van der Waals surface area contributed by atoms with Crippen LogP contribution in [0.3, 0.4) is 0 Å². The standard InChI is InChI=1S/C26H21ClN2O3S/c27-18-10-13-22-23(14-18)33-26(29-22)28-19-11-8-16(9-12-19)15-4-6-17(7-5-15)24(30)20-2-1-3-21(20)25(31)32/h4-14,20-21H,1-3H2,(H,28,29)(H,31,32)/t20-,21-/m1/s1. The first-order valence-corrected chi connectivity index (χ1v) is 12.0. The van der Waals surface area contributed by atoms with Crippen molar-refractivity contribution in [3.05, 3.63) is 77.3 Å². The number of halogens is 1. The van der Waals surface area contributed by atoms with Crippen molar-refractivity contribution in [3.8, 4) is 11.1 Å². The van der Waals surface area contributed by atoms with E-state index in [2.05, 4.69) is 10.3 Å². The summed E-state index contributed by atoms with van der Waals surface area (Å²) in [5.41, 5.74) is 4.43. The first kappa shape index (κ1) is 21.6. The second-order valence-corrected chi connectivity index (χ2v) is 9.72. The van der Waals surface area contributed by atoms with Crippen LogP contribution in [0.4, 0.5) is 10.8 Å². The normalized spacial score (nSPS) is 17.8. The number of carbonyl (C=O) groups excluding carboxylic acids is 1. The number of carboxylic acid groups (broad SMARTS) is 1. The number of fused-ring (bicyclic) bond motifs is 1. The molecule has 5 rings (SSSR count). The lowest BCUT2D eigenvalue weighted by Crippen LogP contribution is -2.25. The van der Waals surface area contributed by atoms with Crippen molar-refractivity contribution in [1.82, 2.24) is 4.98 Å². The van der Waals surface area contributed by atoms with Gasteiger partial charge in [0.1, 0.15) is 0 Å². The van der Waals surface area contributed by atoms with E-state index in [0.29, 0.717) is 23.4 Å². The number of carboxylic acids is 1. The lowest BCUT2D eigenvalue weighted by atomic mass is 9.88. The van der Waals surface area contributed by atoms with Crippen LogP contribution in [0.1, 0.15) is 29.6 Å². The van der Waals surface area contributed by atoms with Gasteiger partial charge in [-0.1, -0.05) is 65.8 Å². The summed E-state index contributed by atoms with van der Waals surface area (Å²) in [6, 6.07) is 21.1. The smallest absolute Gasteiger partial charge is 0.307 e. The highest BCUT2D eigenvalue weighted by molar-refractivity contribution is 7.22. The van der Waals surface area contributed by atoms with Crippen molar-refractivity contribution in [1.29, 1.82) is 0 Å². The average Bonchev–Trinajstić information content (AvgIpc) is 3.46. The molecule has 1 saturated carbocycles. The molecule has 0 bridgehead atoms. The Hall–Kier alpha value is -3.22. The molecule has 1 aliphatic rings. The number of rotatable bonds is 6. The zero-order valence-corrected chi connectivity index (χ0v) is 19.2. The minimum Gasteiger partial charge on any atom is -0.481 e. The quantitative estimate of drug-likeness (QED) is 0.291. The van der Waals surface area contributed by atoms with Crippen LogP contribution in [0.15, 0.2) is 66.7 Å². The van der Waals surface area contributed by atoms with Crippen LogP contribution in [0.5, 0.6) is 0 Å². The summed E-state index contributed by atoms with van der Waals surface area (Å²) in [6.45, 7) is 0. The van der Waals surface area contributed by atoms with E-state index in [0.717, 1.165) is 38.6 Å². The van der Waals surface area contributed by atoms with Crippen molar-refractivity contribution in [2.45, 2.75) is 19.3 Å². The Balaban J connectivity index is 1.29. The predicted octanol–water partition coefficient (Wildman–Crippen LogP) is 7.04. The number of hydrogen-bond acceptors (Lipinski definition) is 5. The van der Waals surface area contributed by atoms with Gasteiger partial charge in [0.05, 0.1) is 16.1 Å².